The van der Waals surface area contributed by atoms with E-state index in [1.54, 1.807) is 13.8 Å². The Bertz CT molecular complexity index is 642. The van der Waals surface area contributed by atoms with Crippen molar-refractivity contribution in [3.63, 3.8) is 0 Å². The molecule has 0 saturated carbocycles. The van der Waals surface area contributed by atoms with Crippen molar-refractivity contribution in [1.29, 1.82) is 0 Å². The number of aromatic nitrogens is 1. The molecule has 4 nitrogen and oxygen atoms in total. The molecule has 104 valence electrons. The largest absolute Gasteiger partial charge is 0.355 e. The number of rotatable bonds is 4. The molecule has 4 heteroatoms. The van der Waals surface area contributed by atoms with Crippen molar-refractivity contribution >= 4 is 11.7 Å². The number of carbonyl (C=O) groups excluding carboxylic acids is 2. The summed E-state index contributed by atoms with van der Waals surface area (Å²) in [5.74, 6) is -0.222. The molecular weight excluding hydrogens is 252 g/mol. The molecule has 0 atom stereocenters. The fourth-order valence-electron chi connectivity index (χ4n) is 2.31. The van der Waals surface area contributed by atoms with Gasteiger partial charge in [0.1, 0.15) is 0 Å². The van der Waals surface area contributed by atoms with Crippen molar-refractivity contribution in [1.82, 2.24) is 10.3 Å². The molecule has 1 aromatic carbocycles. The number of aryl methyl sites for hydroxylation is 1. The van der Waals surface area contributed by atoms with Crippen LogP contribution < -0.4 is 5.32 Å². The first-order chi connectivity index (χ1) is 9.50. The molecule has 0 fully saturated rings. The maximum absolute atomic E-state index is 12.3. The molecule has 0 spiro atoms. The van der Waals surface area contributed by atoms with Crippen LogP contribution in [0.5, 0.6) is 0 Å². The first-order valence-corrected chi connectivity index (χ1v) is 6.53. The highest BCUT2D eigenvalue weighted by atomic mass is 16.1. The minimum absolute atomic E-state index is 0.0623. The van der Waals surface area contributed by atoms with Crippen molar-refractivity contribution in [3.05, 3.63) is 58.4 Å². The Morgan fingerprint density at radius 1 is 1.15 bits per heavy atom. The third-order valence-corrected chi connectivity index (χ3v) is 3.31. The third kappa shape index (κ3) is 2.79. The molecule has 0 bridgehead atoms. The smallest absolute Gasteiger partial charge is 0.253 e. The summed E-state index contributed by atoms with van der Waals surface area (Å²) in [6.07, 6.45) is 0. The van der Waals surface area contributed by atoms with Gasteiger partial charge >= 0.3 is 0 Å². The zero-order valence-corrected chi connectivity index (χ0v) is 11.9. The van der Waals surface area contributed by atoms with Crippen LogP contribution in [0.3, 0.4) is 0 Å². The van der Waals surface area contributed by atoms with E-state index in [2.05, 4.69) is 10.3 Å². The number of ketones is 1. The second-order valence-corrected chi connectivity index (χ2v) is 4.85. The van der Waals surface area contributed by atoms with E-state index in [4.69, 9.17) is 0 Å². The SMILES string of the molecule is CC(=O)c1[nH]c(C)c(C(=O)NCc2ccccc2)c1C. The topological polar surface area (TPSA) is 62.0 Å². The predicted molar refractivity (Wildman–Crippen MR) is 77.9 cm³/mol. The molecule has 1 heterocycles. The first kappa shape index (κ1) is 14.1. The van der Waals surface area contributed by atoms with Crippen molar-refractivity contribution in [2.24, 2.45) is 0 Å². The second kappa shape index (κ2) is 5.74. The van der Waals surface area contributed by atoms with Gasteiger partial charge in [-0.15, -0.1) is 0 Å². The van der Waals surface area contributed by atoms with Gasteiger partial charge in [-0.25, -0.2) is 0 Å². The Labute approximate surface area is 118 Å². The van der Waals surface area contributed by atoms with Crippen molar-refractivity contribution in [2.75, 3.05) is 0 Å². The highest BCUT2D eigenvalue weighted by molar-refractivity contribution is 6.02. The van der Waals surface area contributed by atoms with Crippen molar-refractivity contribution in [2.45, 2.75) is 27.3 Å². The molecule has 0 aliphatic heterocycles. The molecular formula is C16H18N2O2. The zero-order valence-electron chi connectivity index (χ0n) is 11.9. The number of H-pyrrole nitrogens is 1. The number of Topliss-reactive ketones (excluding diaryl/α,β-unsaturated/α-hetero) is 1. The van der Waals surface area contributed by atoms with Crippen LogP contribution >= 0.6 is 0 Å². The number of aromatic amines is 1. The van der Waals surface area contributed by atoms with E-state index in [1.165, 1.54) is 6.92 Å². The van der Waals surface area contributed by atoms with Gasteiger partial charge in [-0.3, -0.25) is 9.59 Å². The number of nitrogens with one attached hydrogen (secondary N) is 2. The summed E-state index contributed by atoms with van der Waals surface area (Å²) in [4.78, 5) is 26.7. The van der Waals surface area contributed by atoms with Gasteiger partial charge in [-0.2, -0.15) is 0 Å². The number of hydrogen-bond acceptors (Lipinski definition) is 2. The Balaban J connectivity index is 2.16. The summed E-state index contributed by atoms with van der Waals surface area (Å²) < 4.78 is 0. The molecule has 1 amide bonds. The lowest BCUT2D eigenvalue weighted by Crippen LogP contribution is -2.23. The minimum atomic E-state index is -0.160. The Hall–Kier alpha value is -2.36. The van der Waals surface area contributed by atoms with E-state index in [9.17, 15) is 9.59 Å². The lowest BCUT2D eigenvalue weighted by molar-refractivity contribution is 0.0949. The molecule has 2 N–H and O–H groups in total. The molecule has 0 aliphatic rings. The van der Waals surface area contributed by atoms with E-state index in [-0.39, 0.29) is 11.7 Å². The number of benzene rings is 1. The standard InChI is InChI=1S/C16H18N2O2/c1-10-14(11(2)18-15(10)12(3)19)16(20)17-9-13-7-5-4-6-8-13/h4-8,18H,9H2,1-3H3,(H,17,20). The first-order valence-electron chi connectivity index (χ1n) is 6.53. The predicted octanol–water partition coefficient (Wildman–Crippen LogP) is 2.76. The fraction of sp³-hybridized carbons (Fsp3) is 0.250. The van der Waals surface area contributed by atoms with E-state index < -0.39 is 0 Å². The van der Waals surface area contributed by atoms with Crippen LogP contribution in [-0.4, -0.2) is 16.7 Å². The lowest BCUT2D eigenvalue weighted by atomic mass is 10.1. The van der Waals surface area contributed by atoms with Crippen LogP contribution in [-0.2, 0) is 6.54 Å². The Morgan fingerprint density at radius 3 is 2.35 bits per heavy atom. The summed E-state index contributed by atoms with van der Waals surface area (Å²) in [5, 5.41) is 2.88. The lowest BCUT2D eigenvalue weighted by Gasteiger charge is -2.06. The molecule has 0 radical (unpaired) electrons. The second-order valence-electron chi connectivity index (χ2n) is 4.85. The van der Waals surface area contributed by atoms with Gasteiger partial charge in [0.2, 0.25) is 0 Å². The van der Waals surface area contributed by atoms with Crippen LogP contribution in [0.1, 0.15) is 44.6 Å². The number of amides is 1. The van der Waals surface area contributed by atoms with Crippen LogP contribution in [0.2, 0.25) is 0 Å². The maximum Gasteiger partial charge on any atom is 0.253 e. The molecule has 0 aliphatic carbocycles. The molecule has 0 unspecified atom stereocenters. The monoisotopic (exact) mass is 270 g/mol. The highest BCUT2D eigenvalue weighted by Crippen LogP contribution is 2.18. The summed E-state index contributed by atoms with van der Waals surface area (Å²) in [5.41, 5.74) is 3.54. The summed E-state index contributed by atoms with van der Waals surface area (Å²) >= 11 is 0. The molecule has 20 heavy (non-hydrogen) atoms. The zero-order chi connectivity index (χ0) is 14.7. The van der Waals surface area contributed by atoms with Crippen LogP contribution in [0.4, 0.5) is 0 Å². The summed E-state index contributed by atoms with van der Waals surface area (Å²) in [6, 6.07) is 9.71. The van der Waals surface area contributed by atoms with E-state index >= 15 is 0 Å². The Morgan fingerprint density at radius 2 is 1.80 bits per heavy atom. The van der Waals surface area contributed by atoms with Gasteiger partial charge in [0.15, 0.2) is 5.78 Å². The quantitative estimate of drug-likeness (QED) is 0.839. The van der Waals surface area contributed by atoms with E-state index in [0.717, 1.165) is 11.3 Å². The van der Waals surface area contributed by atoms with Gasteiger partial charge < -0.3 is 10.3 Å². The maximum atomic E-state index is 12.3. The van der Waals surface area contributed by atoms with Gasteiger partial charge in [-0.05, 0) is 25.0 Å². The average molecular weight is 270 g/mol. The van der Waals surface area contributed by atoms with Crippen LogP contribution in [0.15, 0.2) is 30.3 Å². The highest BCUT2D eigenvalue weighted by Gasteiger charge is 2.19. The Kier molecular flexibility index (Phi) is 4.03. The minimum Gasteiger partial charge on any atom is -0.355 e. The molecule has 0 saturated heterocycles. The van der Waals surface area contributed by atoms with Gasteiger partial charge in [0, 0.05) is 19.2 Å². The molecule has 1 aromatic heterocycles. The average Bonchev–Trinajstić information content (AvgIpc) is 2.73. The van der Waals surface area contributed by atoms with E-state index in [1.807, 2.05) is 30.3 Å². The van der Waals surface area contributed by atoms with Crippen LogP contribution in [0, 0.1) is 13.8 Å². The van der Waals surface area contributed by atoms with Gasteiger partial charge in [0.05, 0.1) is 11.3 Å². The van der Waals surface area contributed by atoms with Crippen LogP contribution in [0.25, 0.3) is 0 Å². The number of carbonyl (C=O) groups is 2. The number of hydrogen-bond donors (Lipinski definition) is 2. The fourth-order valence-corrected chi connectivity index (χ4v) is 2.31. The van der Waals surface area contributed by atoms with E-state index in [0.29, 0.717) is 23.4 Å². The normalized spacial score (nSPS) is 10.3. The van der Waals surface area contributed by atoms with Gasteiger partial charge in [0.25, 0.3) is 5.91 Å². The van der Waals surface area contributed by atoms with Crippen molar-refractivity contribution in [3.8, 4) is 0 Å². The third-order valence-electron chi connectivity index (χ3n) is 3.31. The molecule has 2 rings (SSSR count). The molecule has 2 aromatic rings. The van der Waals surface area contributed by atoms with Crippen molar-refractivity contribution < 1.29 is 9.59 Å². The summed E-state index contributed by atoms with van der Waals surface area (Å²) in [6.45, 7) is 5.55. The van der Waals surface area contributed by atoms with Gasteiger partial charge in [-0.1, -0.05) is 30.3 Å². The summed E-state index contributed by atoms with van der Waals surface area (Å²) in [7, 11) is 0.